The van der Waals surface area contributed by atoms with Crippen LogP contribution in [0.2, 0.25) is 0 Å². The maximum absolute atomic E-state index is 10.3. The van der Waals surface area contributed by atoms with Gasteiger partial charge in [-0.1, -0.05) is 0 Å². The molecule has 1 aromatic heterocycles. The molecule has 1 heterocycles. The first-order valence-corrected chi connectivity index (χ1v) is 3.72. The quantitative estimate of drug-likeness (QED) is 0.707. The van der Waals surface area contributed by atoms with Crippen molar-refractivity contribution in [3.63, 3.8) is 0 Å². The van der Waals surface area contributed by atoms with Crippen molar-refractivity contribution in [3.05, 3.63) is 28.8 Å². The maximum atomic E-state index is 10.3. The topological polar surface area (TPSA) is 37.3 Å². The third kappa shape index (κ3) is 1.36. The summed E-state index contributed by atoms with van der Waals surface area (Å²) in [5.41, 5.74) is 0.364. The van der Waals surface area contributed by atoms with E-state index in [0.717, 1.165) is 4.88 Å². The molecule has 0 atom stereocenters. The number of aromatic carboxylic acids is 1. The Labute approximate surface area is 63.1 Å². The van der Waals surface area contributed by atoms with Gasteiger partial charge in [0.25, 0.3) is 0 Å². The van der Waals surface area contributed by atoms with E-state index < -0.39 is 5.97 Å². The Hall–Kier alpha value is -0.830. The molecule has 2 nitrogen and oxygen atoms in total. The number of carbonyl (C=O) groups is 1. The van der Waals surface area contributed by atoms with Crippen molar-refractivity contribution >= 4 is 17.3 Å². The maximum Gasteiger partial charge on any atom is 0.336 e. The molecule has 0 bridgehead atoms. The summed E-state index contributed by atoms with van der Waals surface area (Å²) < 4.78 is 0. The molecule has 0 amide bonds. The fraction of sp³-hybridized carbons (Fsp3) is 0.143. The Morgan fingerprint density at radius 3 is 2.80 bits per heavy atom. The molecule has 10 heavy (non-hydrogen) atoms. The fourth-order valence-electron chi connectivity index (χ4n) is 0.624. The lowest BCUT2D eigenvalue weighted by Gasteiger charge is -1.82. The van der Waals surface area contributed by atoms with E-state index in [4.69, 9.17) is 5.11 Å². The second kappa shape index (κ2) is 2.84. The van der Waals surface area contributed by atoms with Crippen LogP contribution in [0.5, 0.6) is 0 Å². The molecule has 0 aliphatic heterocycles. The fourth-order valence-corrected chi connectivity index (χ4v) is 1.38. The Bertz CT molecular complexity index is 240. The summed E-state index contributed by atoms with van der Waals surface area (Å²) in [5.74, 6) is -0.865. The molecular weight excluding hydrogens is 148 g/mol. The van der Waals surface area contributed by atoms with E-state index >= 15 is 0 Å². The summed E-state index contributed by atoms with van der Waals surface area (Å²) in [4.78, 5) is 11.3. The largest absolute Gasteiger partial charge is 0.478 e. The monoisotopic (exact) mass is 155 g/mol. The SMILES string of the molecule is [CH2]Cc1cc(C(=O)O)cs1. The van der Waals surface area contributed by atoms with Gasteiger partial charge in [0.15, 0.2) is 0 Å². The van der Waals surface area contributed by atoms with Crippen LogP contribution in [-0.2, 0) is 6.42 Å². The predicted octanol–water partition coefficient (Wildman–Crippen LogP) is 1.82. The standard InChI is InChI=1S/C7H7O2S/c1-2-6-3-5(4-10-6)7(8)9/h3-4H,1-2H2,(H,8,9). The molecule has 0 spiro atoms. The van der Waals surface area contributed by atoms with E-state index in [2.05, 4.69) is 6.92 Å². The number of hydrogen-bond donors (Lipinski definition) is 1. The zero-order valence-corrected chi connectivity index (χ0v) is 6.15. The average molecular weight is 155 g/mol. The lowest BCUT2D eigenvalue weighted by atomic mass is 10.3. The third-order valence-corrected chi connectivity index (χ3v) is 2.14. The van der Waals surface area contributed by atoms with Crippen molar-refractivity contribution in [2.45, 2.75) is 6.42 Å². The lowest BCUT2D eigenvalue weighted by Crippen LogP contribution is -1.91. The Morgan fingerprint density at radius 2 is 2.50 bits per heavy atom. The molecule has 3 heteroatoms. The molecule has 1 N–H and O–H groups in total. The Balaban J connectivity index is 2.88. The van der Waals surface area contributed by atoms with Crippen molar-refractivity contribution in [1.29, 1.82) is 0 Å². The van der Waals surface area contributed by atoms with Crippen LogP contribution >= 0.6 is 11.3 Å². The van der Waals surface area contributed by atoms with Crippen molar-refractivity contribution in [2.75, 3.05) is 0 Å². The van der Waals surface area contributed by atoms with E-state index in [0.29, 0.717) is 12.0 Å². The van der Waals surface area contributed by atoms with Crippen LogP contribution in [0, 0.1) is 6.92 Å². The Kier molecular flexibility index (Phi) is 2.06. The summed E-state index contributed by atoms with van der Waals surface area (Å²) in [5, 5.41) is 10.1. The highest BCUT2D eigenvalue weighted by molar-refractivity contribution is 7.10. The number of carboxylic acid groups (broad SMARTS) is 1. The molecule has 1 rings (SSSR count). The first kappa shape index (κ1) is 7.28. The summed E-state index contributed by atoms with van der Waals surface area (Å²) >= 11 is 1.43. The molecule has 1 radical (unpaired) electrons. The summed E-state index contributed by atoms with van der Waals surface area (Å²) in [6.07, 6.45) is 0.665. The van der Waals surface area contributed by atoms with E-state index in [9.17, 15) is 4.79 Å². The van der Waals surface area contributed by atoms with Crippen molar-refractivity contribution in [2.24, 2.45) is 0 Å². The minimum absolute atomic E-state index is 0.364. The highest BCUT2D eigenvalue weighted by Crippen LogP contribution is 2.14. The second-order valence-corrected chi connectivity index (χ2v) is 2.85. The van der Waals surface area contributed by atoms with Crippen LogP contribution in [-0.4, -0.2) is 11.1 Å². The predicted molar refractivity (Wildman–Crippen MR) is 40.3 cm³/mol. The first-order valence-electron chi connectivity index (χ1n) is 2.84. The summed E-state index contributed by atoms with van der Waals surface area (Å²) in [7, 11) is 0. The average Bonchev–Trinajstić information content (AvgIpc) is 2.34. The Morgan fingerprint density at radius 1 is 1.80 bits per heavy atom. The van der Waals surface area contributed by atoms with Crippen LogP contribution in [0.25, 0.3) is 0 Å². The molecule has 0 fully saturated rings. The van der Waals surface area contributed by atoms with Crippen molar-refractivity contribution in [1.82, 2.24) is 0 Å². The van der Waals surface area contributed by atoms with Crippen molar-refractivity contribution < 1.29 is 9.90 Å². The van der Waals surface area contributed by atoms with Crippen LogP contribution < -0.4 is 0 Å². The van der Waals surface area contributed by atoms with Gasteiger partial charge in [-0.25, -0.2) is 4.79 Å². The molecule has 0 aromatic carbocycles. The molecule has 0 saturated carbocycles. The minimum atomic E-state index is -0.865. The molecule has 0 aliphatic carbocycles. The van der Waals surface area contributed by atoms with Crippen LogP contribution in [0.4, 0.5) is 0 Å². The van der Waals surface area contributed by atoms with Gasteiger partial charge in [-0.05, 0) is 19.4 Å². The van der Waals surface area contributed by atoms with Crippen molar-refractivity contribution in [3.8, 4) is 0 Å². The van der Waals surface area contributed by atoms with E-state index in [1.807, 2.05) is 0 Å². The summed E-state index contributed by atoms with van der Waals surface area (Å²) in [6.45, 7) is 3.65. The normalized spacial score (nSPS) is 9.70. The van der Waals surface area contributed by atoms with E-state index in [1.54, 1.807) is 11.4 Å². The van der Waals surface area contributed by atoms with Gasteiger partial charge in [-0.2, -0.15) is 0 Å². The van der Waals surface area contributed by atoms with Gasteiger partial charge in [0.2, 0.25) is 0 Å². The zero-order chi connectivity index (χ0) is 7.56. The number of rotatable bonds is 2. The van der Waals surface area contributed by atoms with E-state index in [-0.39, 0.29) is 0 Å². The first-order chi connectivity index (χ1) is 4.74. The lowest BCUT2D eigenvalue weighted by molar-refractivity contribution is 0.0697. The number of thiophene rings is 1. The van der Waals surface area contributed by atoms with Gasteiger partial charge in [0, 0.05) is 10.3 Å². The van der Waals surface area contributed by atoms with E-state index in [1.165, 1.54) is 11.3 Å². The van der Waals surface area contributed by atoms with Gasteiger partial charge in [0.05, 0.1) is 5.56 Å². The molecule has 0 unspecified atom stereocenters. The van der Waals surface area contributed by atoms with Crippen LogP contribution in [0.3, 0.4) is 0 Å². The van der Waals surface area contributed by atoms with Gasteiger partial charge in [0.1, 0.15) is 0 Å². The minimum Gasteiger partial charge on any atom is -0.478 e. The van der Waals surface area contributed by atoms with Gasteiger partial charge in [-0.3, -0.25) is 0 Å². The molecule has 1 aromatic rings. The van der Waals surface area contributed by atoms with Gasteiger partial charge in [-0.15, -0.1) is 11.3 Å². The molecule has 53 valence electrons. The van der Waals surface area contributed by atoms with Crippen LogP contribution in [0.1, 0.15) is 15.2 Å². The molecular formula is C7H7O2S. The van der Waals surface area contributed by atoms with Crippen LogP contribution in [0.15, 0.2) is 11.4 Å². The highest BCUT2D eigenvalue weighted by atomic mass is 32.1. The summed E-state index contributed by atoms with van der Waals surface area (Å²) in [6, 6.07) is 1.65. The van der Waals surface area contributed by atoms with Gasteiger partial charge >= 0.3 is 5.97 Å². The highest BCUT2D eigenvalue weighted by Gasteiger charge is 2.03. The zero-order valence-electron chi connectivity index (χ0n) is 5.33. The molecule has 0 aliphatic rings. The number of carboxylic acids is 1. The second-order valence-electron chi connectivity index (χ2n) is 1.86. The third-order valence-electron chi connectivity index (χ3n) is 1.15. The van der Waals surface area contributed by atoms with Gasteiger partial charge < -0.3 is 5.11 Å². The smallest absolute Gasteiger partial charge is 0.336 e. The molecule has 0 saturated heterocycles. The number of hydrogen-bond acceptors (Lipinski definition) is 2.